The Labute approximate surface area is 108 Å². The van der Waals surface area contributed by atoms with Crippen LogP contribution in [0.15, 0.2) is 12.1 Å². The number of anilines is 2. The van der Waals surface area contributed by atoms with Crippen molar-refractivity contribution in [2.75, 3.05) is 24.1 Å². The first-order valence-electron chi connectivity index (χ1n) is 6.37. The van der Waals surface area contributed by atoms with Crippen LogP contribution < -0.4 is 16.4 Å². The summed E-state index contributed by atoms with van der Waals surface area (Å²) in [6.07, 6.45) is 2.33. The predicted octanol–water partition coefficient (Wildman–Crippen LogP) is 1.69. The number of carbonyl (C=O) groups excluding carboxylic acids is 1. The fourth-order valence-electron chi connectivity index (χ4n) is 1.55. The summed E-state index contributed by atoms with van der Waals surface area (Å²) in [6.45, 7) is 5.34. The first-order valence-corrected chi connectivity index (χ1v) is 6.37. The number of pyridine rings is 1. The number of rotatable bonds is 7. The van der Waals surface area contributed by atoms with E-state index in [-0.39, 0.29) is 5.91 Å². The summed E-state index contributed by atoms with van der Waals surface area (Å²) in [4.78, 5) is 15.5. The van der Waals surface area contributed by atoms with E-state index in [2.05, 4.69) is 15.6 Å². The minimum absolute atomic E-state index is 0.116. The number of hydrogen-bond acceptors (Lipinski definition) is 4. The standard InChI is InChI=1S/C13H22N4O/c1-3-5-12(18)15-8-4-9-16-13-11(14)7-6-10(2)17-13/h6-7H,3-5,8-9,14H2,1-2H3,(H,15,18)(H,16,17). The van der Waals surface area contributed by atoms with Crippen LogP contribution in [0.5, 0.6) is 0 Å². The van der Waals surface area contributed by atoms with Crippen LogP contribution in [0, 0.1) is 6.92 Å². The van der Waals surface area contributed by atoms with Crippen LogP contribution in [0.4, 0.5) is 11.5 Å². The molecule has 1 aromatic heterocycles. The summed E-state index contributed by atoms with van der Waals surface area (Å²) in [5.74, 6) is 0.834. The van der Waals surface area contributed by atoms with Crippen molar-refractivity contribution < 1.29 is 4.79 Å². The van der Waals surface area contributed by atoms with E-state index in [1.54, 1.807) is 0 Å². The Bertz CT molecular complexity index is 393. The van der Waals surface area contributed by atoms with E-state index in [0.29, 0.717) is 18.7 Å². The van der Waals surface area contributed by atoms with Gasteiger partial charge in [0, 0.05) is 25.2 Å². The van der Waals surface area contributed by atoms with Crippen LogP contribution in [0.2, 0.25) is 0 Å². The molecule has 5 heteroatoms. The number of aromatic nitrogens is 1. The second-order valence-electron chi connectivity index (χ2n) is 4.27. The number of nitrogen functional groups attached to an aromatic ring is 1. The zero-order valence-electron chi connectivity index (χ0n) is 11.1. The molecule has 0 aliphatic heterocycles. The fourth-order valence-corrected chi connectivity index (χ4v) is 1.55. The Morgan fingerprint density at radius 1 is 1.39 bits per heavy atom. The molecule has 0 spiro atoms. The molecule has 0 bridgehead atoms. The highest BCUT2D eigenvalue weighted by Gasteiger charge is 2.01. The van der Waals surface area contributed by atoms with Crippen LogP contribution in [0.1, 0.15) is 31.9 Å². The average Bonchev–Trinajstić information content (AvgIpc) is 2.33. The molecule has 0 atom stereocenters. The lowest BCUT2D eigenvalue weighted by atomic mass is 10.3. The predicted molar refractivity (Wildman–Crippen MR) is 74.4 cm³/mol. The van der Waals surface area contributed by atoms with Crippen LogP contribution in [-0.4, -0.2) is 24.0 Å². The van der Waals surface area contributed by atoms with E-state index in [1.165, 1.54) is 0 Å². The molecule has 18 heavy (non-hydrogen) atoms. The van der Waals surface area contributed by atoms with E-state index in [0.717, 1.165) is 30.9 Å². The van der Waals surface area contributed by atoms with E-state index in [9.17, 15) is 4.79 Å². The quantitative estimate of drug-likeness (QED) is 0.643. The molecule has 0 saturated carbocycles. The number of nitrogens with zero attached hydrogens (tertiary/aromatic N) is 1. The van der Waals surface area contributed by atoms with Crippen LogP contribution in [0.25, 0.3) is 0 Å². The number of amides is 1. The monoisotopic (exact) mass is 250 g/mol. The Balaban J connectivity index is 2.21. The van der Waals surface area contributed by atoms with E-state index in [1.807, 2.05) is 26.0 Å². The highest BCUT2D eigenvalue weighted by molar-refractivity contribution is 5.75. The zero-order chi connectivity index (χ0) is 13.4. The summed E-state index contributed by atoms with van der Waals surface area (Å²) in [7, 11) is 0. The molecule has 1 heterocycles. The SMILES string of the molecule is CCCC(=O)NCCCNc1nc(C)ccc1N. The van der Waals surface area contributed by atoms with Gasteiger partial charge in [0.2, 0.25) is 5.91 Å². The van der Waals surface area contributed by atoms with Crippen molar-refractivity contribution in [1.29, 1.82) is 0 Å². The third kappa shape index (κ3) is 5.03. The molecule has 0 unspecified atom stereocenters. The molecule has 0 fully saturated rings. The smallest absolute Gasteiger partial charge is 0.219 e. The van der Waals surface area contributed by atoms with Crippen molar-refractivity contribution in [3.8, 4) is 0 Å². The molecule has 0 aliphatic carbocycles. The van der Waals surface area contributed by atoms with Gasteiger partial charge in [-0.1, -0.05) is 6.92 Å². The Morgan fingerprint density at radius 3 is 2.89 bits per heavy atom. The number of nitrogens with two attached hydrogens (primary N) is 1. The lowest BCUT2D eigenvalue weighted by Crippen LogP contribution is -2.25. The summed E-state index contributed by atoms with van der Waals surface area (Å²) in [6, 6.07) is 3.72. The third-order valence-corrected chi connectivity index (χ3v) is 2.51. The van der Waals surface area contributed by atoms with Gasteiger partial charge in [-0.3, -0.25) is 4.79 Å². The van der Waals surface area contributed by atoms with Gasteiger partial charge < -0.3 is 16.4 Å². The maximum atomic E-state index is 11.2. The van der Waals surface area contributed by atoms with Crippen molar-refractivity contribution in [2.24, 2.45) is 0 Å². The fraction of sp³-hybridized carbons (Fsp3) is 0.538. The van der Waals surface area contributed by atoms with Crippen LogP contribution in [-0.2, 0) is 4.79 Å². The maximum Gasteiger partial charge on any atom is 0.219 e. The van der Waals surface area contributed by atoms with Gasteiger partial charge in [-0.25, -0.2) is 4.98 Å². The number of aryl methyl sites for hydroxylation is 1. The van der Waals surface area contributed by atoms with Crippen molar-refractivity contribution in [3.05, 3.63) is 17.8 Å². The normalized spacial score (nSPS) is 10.1. The van der Waals surface area contributed by atoms with Gasteiger partial charge in [0.05, 0.1) is 5.69 Å². The minimum Gasteiger partial charge on any atom is -0.396 e. The second-order valence-corrected chi connectivity index (χ2v) is 4.27. The molecule has 1 amide bonds. The molecular weight excluding hydrogens is 228 g/mol. The summed E-state index contributed by atoms with van der Waals surface area (Å²) in [5, 5.41) is 6.04. The van der Waals surface area contributed by atoms with Crippen molar-refractivity contribution in [3.63, 3.8) is 0 Å². The summed E-state index contributed by atoms with van der Waals surface area (Å²) in [5.41, 5.74) is 7.38. The molecule has 1 rings (SSSR count). The van der Waals surface area contributed by atoms with Gasteiger partial charge in [-0.2, -0.15) is 0 Å². The van der Waals surface area contributed by atoms with E-state index in [4.69, 9.17) is 5.73 Å². The summed E-state index contributed by atoms with van der Waals surface area (Å²) >= 11 is 0. The van der Waals surface area contributed by atoms with Crippen LogP contribution >= 0.6 is 0 Å². The molecule has 0 aliphatic rings. The first kappa shape index (κ1) is 14.3. The van der Waals surface area contributed by atoms with Crippen molar-refractivity contribution in [1.82, 2.24) is 10.3 Å². The van der Waals surface area contributed by atoms with E-state index < -0.39 is 0 Å². The van der Waals surface area contributed by atoms with Gasteiger partial charge in [-0.05, 0) is 31.9 Å². The molecule has 100 valence electrons. The van der Waals surface area contributed by atoms with Gasteiger partial charge in [0.15, 0.2) is 0 Å². The van der Waals surface area contributed by atoms with Gasteiger partial charge in [-0.15, -0.1) is 0 Å². The third-order valence-electron chi connectivity index (χ3n) is 2.51. The highest BCUT2D eigenvalue weighted by atomic mass is 16.1. The molecular formula is C13H22N4O. The number of hydrogen-bond donors (Lipinski definition) is 3. The lowest BCUT2D eigenvalue weighted by Gasteiger charge is -2.09. The van der Waals surface area contributed by atoms with Crippen molar-refractivity contribution >= 4 is 17.4 Å². The second kappa shape index (κ2) is 7.53. The lowest BCUT2D eigenvalue weighted by molar-refractivity contribution is -0.121. The van der Waals surface area contributed by atoms with Gasteiger partial charge >= 0.3 is 0 Å². The average molecular weight is 250 g/mol. The van der Waals surface area contributed by atoms with E-state index >= 15 is 0 Å². The topological polar surface area (TPSA) is 80.0 Å². The first-order chi connectivity index (χ1) is 8.63. The Morgan fingerprint density at radius 2 is 2.17 bits per heavy atom. The van der Waals surface area contributed by atoms with Crippen molar-refractivity contribution in [2.45, 2.75) is 33.1 Å². The molecule has 0 aromatic carbocycles. The Hall–Kier alpha value is -1.78. The van der Waals surface area contributed by atoms with Crippen LogP contribution in [0.3, 0.4) is 0 Å². The maximum absolute atomic E-state index is 11.2. The van der Waals surface area contributed by atoms with Gasteiger partial charge in [0.25, 0.3) is 0 Å². The largest absolute Gasteiger partial charge is 0.396 e. The minimum atomic E-state index is 0.116. The molecule has 4 N–H and O–H groups in total. The number of carbonyl (C=O) groups is 1. The molecule has 5 nitrogen and oxygen atoms in total. The molecule has 1 aromatic rings. The molecule has 0 saturated heterocycles. The zero-order valence-corrected chi connectivity index (χ0v) is 11.1. The number of nitrogens with one attached hydrogen (secondary N) is 2. The highest BCUT2D eigenvalue weighted by Crippen LogP contribution is 2.14. The van der Waals surface area contributed by atoms with Gasteiger partial charge in [0.1, 0.15) is 5.82 Å². The summed E-state index contributed by atoms with van der Waals surface area (Å²) < 4.78 is 0. The Kier molecular flexibility index (Phi) is 5.97. The molecule has 0 radical (unpaired) electrons.